The summed E-state index contributed by atoms with van der Waals surface area (Å²) < 4.78 is 46.6. The van der Waals surface area contributed by atoms with Crippen molar-refractivity contribution in [1.82, 2.24) is 0 Å². The normalized spacial score (nSPS) is 40.0. The number of aliphatic hydroxyl groups is 1. The van der Waals surface area contributed by atoms with Gasteiger partial charge in [0.15, 0.2) is 6.10 Å². The maximum absolute atomic E-state index is 14.0. The molecule has 2 unspecified atom stereocenters. The number of rotatable bonds is 9. The molecule has 14 nitrogen and oxygen atoms in total. The van der Waals surface area contributed by atoms with Gasteiger partial charge in [0.1, 0.15) is 24.4 Å². The summed E-state index contributed by atoms with van der Waals surface area (Å²) in [5.41, 5.74) is -5.03. The van der Waals surface area contributed by atoms with Crippen molar-refractivity contribution in [3.05, 3.63) is 24.0 Å². The molecule has 0 radical (unpaired) electrons. The number of ether oxygens (including phenoxy) is 8. The molecule has 3 heterocycles. The number of fused-ring (bicyclic) bond motifs is 3. The van der Waals surface area contributed by atoms with E-state index in [0.29, 0.717) is 6.42 Å². The summed E-state index contributed by atoms with van der Waals surface area (Å²) in [5, 5.41) is 11.9. The molecule has 1 saturated carbocycles. The lowest BCUT2D eigenvalue weighted by atomic mass is 9.44. The van der Waals surface area contributed by atoms with E-state index in [0.717, 1.165) is 19.4 Å². The fourth-order valence-corrected chi connectivity index (χ4v) is 8.27. The average Bonchev–Trinajstić information content (AvgIpc) is 3.44. The molecule has 2 aliphatic carbocycles. The summed E-state index contributed by atoms with van der Waals surface area (Å²) in [6.07, 6.45) is -0.0391. The minimum atomic E-state index is -2.11. The van der Waals surface area contributed by atoms with Gasteiger partial charge in [-0.2, -0.15) is 0 Å². The zero-order chi connectivity index (χ0) is 34.7. The first-order chi connectivity index (χ1) is 21.9. The molecule has 5 rings (SSSR count). The van der Waals surface area contributed by atoms with Gasteiger partial charge in [-0.15, -0.1) is 0 Å². The summed E-state index contributed by atoms with van der Waals surface area (Å²) in [6.45, 7) is 10.9. The lowest BCUT2D eigenvalue weighted by molar-refractivity contribution is -0.254. The first-order valence-corrected chi connectivity index (χ1v) is 15.8. The van der Waals surface area contributed by atoms with Gasteiger partial charge in [-0.05, 0) is 51.7 Å². The SMILES string of the molecule is CC(=O)OC[C@@]12[C@@H](OC(C)=O)C=C(C)[C@](C)([C@@H]3C[C@H]4C=CO[C@H]4O3)[C@H]1C[C@@H](O)[C@@H](OC(=O)C(C)(OC(C)=O)C(C)OC(C)=O)[C@]21CO1. The molecule has 0 aromatic rings. The summed E-state index contributed by atoms with van der Waals surface area (Å²) >= 11 is 0. The number of hydrogen-bond acceptors (Lipinski definition) is 14. The third kappa shape index (κ3) is 5.61. The minimum Gasteiger partial charge on any atom is -0.472 e. The van der Waals surface area contributed by atoms with E-state index in [1.54, 1.807) is 12.3 Å². The van der Waals surface area contributed by atoms with E-state index in [9.17, 15) is 29.1 Å². The van der Waals surface area contributed by atoms with Gasteiger partial charge in [0, 0.05) is 39.0 Å². The third-order valence-corrected chi connectivity index (χ3v) is 10.9. The zero-order valence-corrected chi connectivity index (χ0v) is 27.9. The Labute approximate surface area is 273 Å². The molecule has 0 amide bonds. The molecule has 14 heteroatoms. The van der Waals surface area contributed by atoms with E-state index < -0.39 is 94.6 Å². The van der Waals surface area contributed by atoms with Gasteiger partial charge in [0.05, 0.1) is 30.5 Å². The number of esters is 5. The van der Waals surface area contributed by atoms with Crippen LogP contribution < -0.4 is 0 Å². The van der Waals surface area contributed by atoms with Gasteiger partial charge in [0.25, 0.3) is 0 Å². The first-order valence-electron chi connectivity index (χ1n) is 15.8. The molecule has 12 atom stereocenters. The number of aliphatic hydroxyl groups excluding tert-OH is 1. The Balaban J connectivity index is 1.62. The highest BCUT2D eigenvalue weighted by Gasteiger charge is 2.81. The summed E-state index contributed by atoms with van der Waals surface area (Å²) in [6, 6.07) is 0. The van der Waals surface area contributed by atoms with Crippen molar-refractivity contribution < 1.29 is 67.0 Å². The van der Waals surface area contributed by atoms with Gasteiger partial charge >= 0.3 is 29.8 Å². The van der Waals surface area contributed by atoms with Crippen LogP contribution in [0.3, 0.4) is 0 Å². The molecular weight excluding hydrogens is 620 g/mol. The Morgan fingerprint density at radius 1 is 1.04 bits per heavy atom. The Kier molecular flexibility index (Phi) is 9.04. The molecule has 5 aliphatic rings. The maximum Gasteiger partial charge on any atom is 0.354 e. The van der Waals surface area contributed by atoms with Crippen molar-refractivity contribution >= 4 is 29.8 Å². The number of carbonyl (C=O) groups is 5. The third-order valence-electron chi connectivity index (χ3n) is 10.9. The van der Waals surface area contributed by atoms with Crippen molar-refractivity contribution in [2.24, 2.45) is 22.7 Å². The lowest BCUT2D eigenvalue weighted by Gasteiger charge is -2.62. The zero-order valence-electron chi connectivity index (χ0n) is 27.9. The molecule has 1 spiro atoms. The Morgan fingerprint density at radius 2 is 1.72 bits per heavy atom. The van der Waals surface area contributed by atoms with Gasteiger partial charge in [-0.25, -0.2) is 4.79 Å². The molecule has 3 aliphatic heterocycles. The van der Waals surface area contributed by atoms with Gasteiger partial charge in [-0.3, -0.25) is 19.2 Å². The maximum atomic E-state index is 14.0. The summed E-state index contributed by atoms with van der Waals surface area (Å²) in [4.78, 5) is 62.9. The van der Waals surface area contributed by atoms with E-state index in [4.69, 9.17) is 37.9 Å². The fraction of sp³-hybridized carbons (Fsp3) is 0.727. The number of epoxide rings is 1. The number of hydrogen-bond donors (Lipinski definition) is 1. The van der Waals surface area contributed by atoms with Crippen LogP contribution >= 0.6 is 0 Å². The van der Waals surface area contributed by atoms with Crippen LogP contribution in [0.2, 0.25) is 0 Å². The topological polar surface area (TPSA) is 183 Å². The van der Waals surface area contributed by atoms with Gasteiger partial charge < -0.3 is 43.0 Å². The van der Waals surface area contributed by atoms with E-state index in [2.05, 4.69) is 0 Å². The predicted octanol–water partition coefficient (Wildman–Crippen LogP) is 2.04. The largest absolute Gasteiger partial charge is 0.472 e. The second-order valence-electron chi connectivity index (χ2n) is 13.7. The second-order valence-corrected chi connectivity index (χ2v) is 13.7. The van der Waals surface area contributed by atoms with Crippen LogP contribution in [0.25, 0.3) is 0 Å². The van der Waals surface area contributed by atoms with Crippen LogP contribution in [0.4, 0.5) is 0 Å². The minimum absolute atomic E-state index is 0.00482. The highest BCUT2D eigenvalue weighted by atomic mass is 16.7. The van der Waals surface area contributed by atoms with Crippen molar-refractivity contribution in [1.29, 1.82) is 0 Å². The Bertz CT molecular complexity index is 1380. The van der Waals surface area contributed by atoms with E-state index in [1.807, 2.05) is 19.9 Å². The molecule has 47 heavy (non-hydrogen) atoms. The van der Waals surface area contributed by atoms with E-state index in [1.165, 1.54) is 27.7 Å². The van der Waals surface area contributed by atoms with Gasteiger partial charge in [-0.1, -0.05) is 12.5 Å². The molecule has 0 aromatic carbocycles. The smallest absolute Gasteiger partial charge is 0.354 e. The molecule has 3 fully saturated rings. The summed E-state index contributed by atoms with van der Waals surface area (Å²) in [5.74, 6) is -4.48. The molecule has 1 N–H and O–H groups in total. The van der Waals surface area contributed by atoms with E-state index in [-0.39, 0.29) is 25.6 Å². The average molecular weight is 665 g/mol. The van der Waals surface area contributed by atoms with Crippen molar-refractivity contribution in [3.63, 3.8) is 0 Å². The highest BCUT2D eigenvalue weighted by molar-refractivity contribution is 5.84. The van der Waals surface area contributed by atoms with Crippen LogP contribution in [0.5, 0.6) is 0 Å². The quantitative estimate of drug-likeness (QED) is 0.164. The van der Waals surface area contributed by atoms with Gasteiger partial charge in [0.2, 0.25) is 11.9 Å². The van der Waals surface area contributed by atoms with Crippen LogP contribution in [0, 0.1) is 22.7 Å². The summed E-state index contributed by atoms with van der Waals surface area (Å²) in [7, 11) is 0. The molecule has 0 bridgehead atoms. The monoisotopic (exact) mass is 664 g/mol. The predicted molar refractivity (Wildman–Crippen MR) is 158 cm³/mol. The van der Waals surface area contributed by atoms with Crippen molar-refractivity contribution in [2.45, 2.75) is 116 Å². The van der Waals surface area contributed by atoms with Crippen LogP contribution in [-0.4, -0.2) is 96.2 Å². The fourth-order valence-electron chi connectivity index (χ4n) is 8.27. The number of carbonyl (C=O) groups excluding carboxylic acids is 5. The molecule has 0 aromatic heterocycles. The van der Waals surface area contributed by atoms with E-state index >= 15 is 0 Å². The second kappa shape index (κ2) is 12.2. The molecular formula is C33H44O14. The lowest BCUT2D eigenvalue weighted by Crippen LogP contribution is -2.73. The van der Waals surface area contributed by atoms with Crippen molar-refractivity contribution in [3.8, 4) is 0 Å². The molecule has 2 saturated heterocycles. The Morgan fingerprint density at radius 3 is 2.28 bits per heavy atom. The standard InChI is InChI=1S/C33H44O14/c1-16-11-26(44-20(5)36)32(14-41-18(3)34)24(30(16,7)25-12-22-9-10-40-28(22)45-25)13-23(38)27(33(32)15-42-33)46-29(39)31(8,47-21(6)37)17(2)43-19(4)35/h9-11,17,22-28,38H,12-15H2,1-8H3/t17?,22-,23-,24-,25+,26+,27-,28+,30+,31?,32+,33-/m1/s1. The highest BCUT2D eigenvalue weighted by Crippen LogP contribution is 2.69. The van der Waals surface area contributed by atoms with Crippen LogP contribution in [-0.2, 0) is 61.9 Å². The van der Waals surface area contributed by atoms with Crippen LogP contribution in [0.1, 0.15) is 68.2 Å². The van der Waals surface area contributed by atoms with Crippen molar-refractivity contribution in [2.75, 3.05) is 13.2 Å². The Hall–Kier alpha value is -3.49. The molecule has 260 valence electrons. The van der Waals surface area contributed by atoms with Crippen LogP contribution in [0.15, 0.2) is 24.0 Å². The first kappa shape index (κ1) is 34.8.